The van der Waals surface area contributed by atoms with Gasteiger partial charge < -0.3 is 4.74 Å². The van der Waals surface area contributed by atoms with Crippen LogP contribution in [0.1, 0.15) is 35.7 Å². The van der Waals surface area contributed by atoms with Crippen molar-refractivity contribution in [1.82, 2.24) is 0 Å². The quantitative estimate of drug-likeness (QED) is 0.571. The minimum atomic E-state index is 0.154. The fourth-order valence-electron chi connectivity index (χ4n) is 1.81. The first-order valence-electron chi connectivity index (χ1n) is 5.66. The van der Waals surface area contributed by atoms with Crippen LogP contribution in [0.15, 0.2) is 30.4 Å². The largest absolute Gasteiger partial charge is 0.493 e. The van der Waals surface area contributed by atoms with Crippen LogP contribution in [0.2, 0.25) is 0 Å². The molecule has 0 amide bonds. The van der Waals surface area contributed by atoms with Crippen molar-refractivity contribution in [3.05, 3.63) is 41.5 Å². The van der Waals surface area contributed by atoms with E-state index in [2.05, 4.69) is 6.58 Å². The molecule has 1 aromatic rings. The fraction of sp³-hybridized carbons (Fsp3) is 0.357. The summed E-state index contributed by atoms with van der Waals surface area (Å²) in [7, 11) is 0. The number of benzene rings is 1. The molecule has 2 heteroatoms. The Kier molecular flexibility index (Phi) is 3.09. The zero-order chi connectivity index (χ0) is 11.5. The Morgan fingerprint density at radius 2 is 2.31 bits per heavy atom. The van der Waals surface area contributed by atoms with Gasteiger partial charge in [0.15, 0.2) is 5.78 Å². The molecule has 16 heavy (non-hydrogen) atoms. The molecule has 0 saturated heterocycles. The van der Waals surface area contributed by atoms with Crippen LogP contribution in [0, 0.1) is 0 Å². The van der Waals surface area contributed by atoms with Gasteiger partial charge in [0.25, 0.3) is 0 Å². The average Bonchev–Trinajstić information content (AvgIpc) is 2.75. The zero-order valence-corrected chi connectivity index (χ0v) is 9.58. The van der Waals surface area contributed by atoms with E-state index in [9.17, 15) is 4.79 Å². The molecule has 0 atom stereocenters. The lowest BCUT2D eigenvalue weighted by atomic mass is 10.0. The van der Waals surface area contributed by atoms with Crippen LogP contribution in [0.4, 0.5) is 0 Å². The Balaban J connectivity index is 2.15. The van der Waals surface area contributed by atoms with Gasteiger partial charge in [0.1, 0.15) is 5.75 Å². The number of ether oxygens (including phenoxy) is 1. The average molecular weight is 216 g/mol. The monoisotopic (exact) mass is 216 g/mol. The van der Waals surface area contributed by atoms with Crippen molar-refractivity contribution < 1.29 is 9.53 Å². The van der Waals surface area contributed by atoms with Crippen LogP contribution < -0.4 is 4.74 Å². The molecule has 0 saturated carbocycles. The number of hydrogen-bond donors (Lipinski definition) is 0. The van der Waals surface area contributed by atoms with Crippen molar-refractivity contribution in [3.8, 4) is 5.75 Å². The SMILES string of the molecule is C=C(CC)CC(=O)c1ccc2c(c1)CCO2. The van der Waals surface area contributed by atoms with Crippen molar-refractivity contribution in [2.24, 2.45) is 0 Å². The molecule has 2 nitrogen and oxygen atoms in total. The molecule has 0 fully saturated rings. The highest BCUT2D eigenvalue weighted by Crippen LogP contribution is 2.26. The summed E-state index contributed by atoms with van der Waals surface area (Å²) in [6, 6.07) is 5.69. The molecule has 1 heterocycles. The maximum Gasteiger partial charge on any atom is 0.166 e. The summed E-state index contributed by atoms with van der Waals surface area (Å²) in [4.78, 5) is 11.9. The molecule has 0 spiro atoms. The first-order valence-corrected chi connectivity index (χ1v) is 5.66. The summed E-state index contributed by atoms with van der Waals surface area (Å²) in [6.07, 6.45) is 2.22. The summed E-state index contributed by atoms with van der Waals surface area (Å²) in [5.74, 6) is 1.08. The van der Waals surface area contributed by atoms with Gasteiger partial charge in [-0.2, -0.15) is 0 Å². The van der Waals surface area contributed by atoms with E-state index in [-0.39, 0.29) is 5.78 Å². The summed E-state index contributed by atoms with van der Waals surface area (Å²) in [5.41, 5.74) is 2.91. The second-order valence-electron chi connectivity index (χ2n) is 4.12. The number of ketones is 1. The Morgan fingerprint density at radius 1 is 1.50 bits per heavy atom. The van der Waals surface area contributed by atoms with Crippen molar-refractivity contribution in [3.63, 3.8) is 0 Å². The lowest BCUT2D eigenvalue weighted by Gasteiger charge is -2.04. The molecule has 0 bridgehead atoms. The molecule has 1 aliphatic rings. The maximum atomic E-state index is 11.9. The molecule has 0 radical (unpaired) electrons. The second-order valence-corrected chi connectivity index (χ2v) is 4.12. The van der Waals surface area contributed by atoms with Crippen LogP contribution in [0.5, 0.6) is 5.75 Å². The molecule has 0 unspecified atom stereocenters. The number of rotatable bonds is 4. The first-order chi connectivity index (χ1) is 7.70. The fourth-order valence-corrected chi connectivity index (χ4v) is 1.81. The molecule has 0 aromatic heterocycles. The predicted octanol–water partition coefficient (Wildman–Crippen LogP) is 3.16. The van der Waals surface area contributed by atoms with Gasteiger partial charge in [-0.25, -0.2) is 0 Å². The van der Waals surface area contributed by atoms with Gasteiger partial charge in [-0.1, -0.05) is 19.1 Å². The van der Waals surface area contributed by atoms with E-state index in [4.69, 9.17) is 4.74 Å². The highest BCUT2D eigenvalue weighted by Gasteiger charge is 2.15. The topological polar surface area (TPSA) is 26.3 Å². The van der Waals surface area contributed by atoms with Gasteiger partial charge in [-0.15, -0.1) is 0 Å². The normalized spacial score (nSPS) is 13.1. The van der Waals surface area contributed by atoms with E-state index < -0.39 is 0 Å². The molecule has 0 aliphatic carbocycles. The van der Waals surface area contributed by atoms with Crippen LogP contribution in [-0.4, -0.2) is 12.4 Å². The highest BCUT2D eigenvalue weighted by molar-refractivity contribution is 5.97. The molecule has 1 aliphatic heterocycles. The van der Waals surface area contributed by atoms with Gasteiger partial charge in [0.2, 0.25) is 0 Å². The van der Waals surface area contributed by atoms with E-state index in [1.54, 1.807) is 0 Å². The summed E-state index contributed by atoms with van der Waals surface area (Å²) in [6.45, 7) is 6.62. The summed E-state index contributed by atoms with van der Waals surface area (Å²) < 4.78 is 5.41. The van der Waals surface area contributed by atoms with E-state index >= 15 is 0 Å². The lowest BCUT2D eigenvalue weighted by Crippen LogP contribution is -2.00. The predicted molar refractivity (Wildman–Crippen MR) is 64.0 cm³/mol. The molecule has 0 N–H and O–H groups in total. The van der Waals surface area contributed by atoms with E-state index in [0.29, 0.717) is 6.42 Å². The zero-order valence-electron chi connectivity index (χ0n) is 9.58. The Bertz CT molecular complexity index is 432. The summed E-state index contributed by atoms with van der Waals surface area (Å²) >= 11 is 0. The number of hydrogen-bond acceptors (Lipinski definition) is 2. The Labute approximate surface area is 95.9 Å². The third-order valence-electron chi connectivity index (χ3n) is 2.92. The molecule has 1 aromatic carbocycles. The number of fused-ring (bicyclic) bond motifs is 1. The Hall–Kier alpha value is -1.57. The highest BCUT2D eigenvalue weighted by atomic mass is 16.5. The number of carbonyl (C=O) groups is 1. The van der Waals surface area contributed by atoms with Crippen molar-refractivity contribution in [2.45, 2.75) is 26.2 Å². The van der Waals surface area contributed by atoms with Crippen LogP contribution in [0.25, 0.3) is 0 Å². The van der Waals surface area contributed by atoms with Gasteiger partial charge >= 0.3 is 0 Å². The van der Waals surface area contributed by atoms with Crippen molar-refractivity contribution >= 4 is 5.78 Å². The second kappa shape index (κ2) is 4.52. The van der Waals surface area contributed by atoms with Gasteiger partial charge in [-0.3, -0.25) is 4.79 Å². The van der Waals surface area contributed by atoms with Crippen molar-refractivity contribution in [1.29, 1.82) is 0 Å². The third-order valence-corrected chi connectivity index (χ3v) is 2.92. The van der Waals surface area contributed by atoms with Gasteiger partial charge in [0, 0.05) is 18.4 Å². The number of allylic oxidation sites excluding steroid dienone is 1. The van der Waals surface area contributed by atoms with E-state index in [0.717, 1.165) is 41.9 Å². The smallest absolute Gasteiger partial charge is 0.166 e. The lowest BCUT2D eigenvalue weighted by molar-refractivity contribution is 0.0992. The minimum absolute atomic E-state index is 0.154. The Morgan fingerprint density at radius 3 is 3.06 bits per heavy atom. The minimum Gasteiger partial charge on any atom is -0.493 e. The molecule has 84 valence electrons. The molecular weight excluding hydrogens is 200 g/mol. The third kappa shape index (κ3) is 2.16. The maximum absolute atomic E-state index is 11.9. The van der Waals surface area contributed by atoms with Crippen LogP contribution in [-0.2, 0) is 6.42 Å². The van der Waals surface area contributed by atoms with E-state index in [1.807, 2.05) is 25.1 Å². The van der Waals surface area contributed by atoms with Gasteiger partial charge in [-0.05, 0) is 30.2 Å². The number of Topliss-reactive ketones (excluding diaryl/α,β-unsaturated/α-hetero) is 1. The van der Waals surface area contributed by atoms with E-state index in [1.165, 1.54) is 0 Å². The molecule has 2 rings (SSSR count). The van der Waals surface area contributed by atoms with Crippen molar-refractivity contribution in [2.75, 3.05) is 6.61 Å². The van der Waals surface area contributed by atoms with Gasteiger partial charge in [0.05, 0.1) is 6.61 Å². The standard InChI is InChI=1S/C14H16O2/c1-3-10(2)8-13(15)11-4-5-14-12(9-11)6-7-16-14/h4-5,9H,2-3,6-8H2,1H3. The van der Waals surface area contributed by atoms with Crippen LogP contribution in [0.3, 0.4) is 0 Å². The molecular formula is C14H16O2. The number of carbonyl (C=O) groups excluding carboxylic acids is 1. The van der Waals surface area contributed by atoms with Crippen LogP contribution >= 0.6 is 0 Å². The summed E-state index contributed by atoms with van der Waals surface area (Å²) in [5, 5.41) is 0. The first kappa shape index (κ1) is 10.9.